The predicted octanol–water partition coefficient (Wildman–Crippen LogP) is 4.99. The summed E-state index contributed by atoms with van der Waals surface area (Å²) in [5.41, 5.74) is 1.29. The van der Waals surface area contributed by atoms with Gasteiger partial charge in [0.15, 0.2) is 0 Å². The summed E-state index contributed by atoms with van der Waals surface area (Å²) in [5.74, 6) is -0.00963. The molecule has 9 heteroatoms. The molecule has 3 rings (SSSR count). The number of carbonyl (C=O) groups excluding carboxylic acids is 2. The van der Waals surface area contributed by atoms with Crippen LogP contribution in [0.25, 0.3) is 0 Å². The highest BCUT2D eigenvalue weighted by Crippen LogP contribution is 2.41. The Balaban J connectivity index is 2.02. The number of hydrogen-bond donors (Lipinski definition) is 0. The van der Waals surface area contributed by atoms with E-state index >= 15 is 0 Å². The first kappa shape index (κ1) is 25.4. The highest BCUT2D eigenvalue weighted by Gasteiger charge is 2.43. The van der Waals surface area contributed by atoms with Gasteiger partial charge in [-0.3, -0.25) is 9.59 Å². The predicted molar refractivity (Wildman–Crippen MR) is 122 cm³/mol. The molecule has 2 amide bonds. The maximum atomic E-state index is 13.5. The standard InChI is InChI=1S/C25H29F3N2O4/c1-4-29(16-15-25(26,27)28)24(32)21-13-14-22(31)30(18-7-11-20(34-3)12-8-18)23(21)17-5-9-19(33-2)10-6-17/h5-12,21,23H,4,13-16H2,1-3H3. The average Bonchev–Trinajstić information content (AvgIpc) is 2.83. The Bertz CT molecular complexity index is 977. The Morgan fingerprint density at radius 2 is 1.59 bits per heavy atom. The van der Waals surface area contributed by atoms with Crippen LogP contribution in [0.3, 0.4) is 0 Å². The highest BCUT2D eigenvalue weighted by molar-refractivity contribution is 5.97. The molecule has 0 saturated carbocycles. The van der Waals surface area contributed by atoms with Crippen LogP contribution in [0.1, 0.15) is 37.8 Å². The zero-order valence-corrected chi connectivity index (χ0v) is 19.5. The SMILES string of the molecule is CCN(CCC(F)(F)F)C(=O)C1CCC(=O)N(c2ccc(OC)cc2)C1c1ccc(OC)cc1. The minimum atomic E-state index is -4.36. The second kappa shape index (κ2) is 10.8. The Kier molecular flexibility index (Phi) is 8.06. The molecular weight excluding hydrogens is 449 g/mol. The van der Waals surface area contributed by atoms with Gasteiger partial charge in [-0.15, -0.1) is 0 Å². The van der Waals surface area contributed by atoms with Crippen LogP contribution in [-0.2, 0) is 9.59 Å². The maximum Gasteiger partial charge on any atom is 0.390 e. The molecule has 34 heavy (non-hydrogen) atoms. The molecule has 0 aliphatic carbocycles. The number of methoxy groups -OCH3 is 2. The third kappa shape index (κ3) is 5.81. The van der Waals surface area contributed by atoms with E-state index in [1.54, 1.807) is 60.4 Å². The maximum absolute atomic E-state index is 13.5. The van der Waals surface area contributed by atoms with Crippen molar-refractivity contribution in [3.05, 3.63) is 54.1 Å². The summed E-state index contributed by atoms with van der Waals surface area (Å²) < 4.78 is 49.0. The van der Waals surface area contributed by atoms with E-state index in [-0.39, 0.29) is 25.3 Å². The lowest BCUT2D eigenvalue weighted by Gasteiger charge is -2.42. The van der Waals surface area contributed by atoms with Crippen molar-refractivity contribution in [2.24, 2.45) is 5.92 Å². The number of amides is 2. The molecular formula is C25H29F3N2O4. The largest absolute Gasteiger partial charge is 0.497 e. The Labute approximate surface area is 197 Å². The molecule has 2 aromatic rings. The van der Waals surface area contributed by atoms with Gasteiger partial charge < -0.3 is 19.3 Å². The third-order valence-electron chi connectivity index (χ3n) is 6.08. The van der Waals surface area contributed by atoms with Crippen molar-refractivity contribution >= 4 is 17.5 Å². The van der Waals surface area contributed by atoms with E-state index in [1.165, 1.54) is 19.1 Å². The van der Waals surface area contributed by atoms with E-state index in [2.05, 4.69) is 0 Å². The van der Waals surface area contributed by atoms with Crippen molar-refractivity contribution in [1.29, 1.82) is 0 Å². The summed E-state index contributed by atoms with van der Waals surface area (Å²) in [6.07, 6.45) is -5.07. The van der Waals surface area contributed by atoms with Gasteiger partial charge in [-0.05, 0) is 55.3 Å². The number of nitrogens with zero attached hydrogens (tertiary/aromatic N) is 2. The van der Waals surface area contributed by atoms with Gasteiger partial charge in [0.05, 0.1) is 32.6 Å². The second-order valence-corrected chi connectivity index (χ2v) is 8.11. The molecule has 1 fully saturated rings. The summed E-state index contributed by atoms with van der Waals surface area (Å²) in [6, 6.07) is 13.3. The number of ether oxygens (including phenoxy) is 2. The van der Waals surface area contributed by atoms with Gasteiger partial charge in [0.25, 0.3) is 0 Å². The zero-order valence-electron chi connectivity index (χ0n) is 19.5. The van der Waals surface area contributed by atoms with Gasteiger partial charge in [-0.1, -0.05) is 12.1 Å². The van der Waals surface area contributed by atoms with E-state index in [0.29, 0.717) is 22.7 Å². The lowest BCUT2D eigenvalue weighted by atomic mass is 9.82. The van der Waals surface area contributed by atoms with Crippen LogP contribution in [0.15, 0.2) is 48.5 Å². The first-order chi connectivity index (χ1) is 16.2. The second-order valence-electron chi connectivity index (χ2n) is 8.11. The van der Waals surface area contributed by atoms with Crippen LogP contribution in [0.2, 0.25) is 0 Å². The first-order valence-corrected chi connectivity index (χ1v) is 11.1. The van der Waals surface area contributed by atoms with Crippen molar-refractivity contribution in [3.63, 3.8) is 0 Å². The fraction of sp³-hybridized carbons (Fsp3) is 0.440. The Hall–Kier alpha value is -3.23. The quantitative estimate of drug-likeness (QED) is 0.537. The molecule has 1 saturated heterocycles. The summed E-state index contributed by atoms with van der Waals surface area (Å²) in [7, 11) is 3.07. The van der Waals surface area contributed by atoms with Gasteiger partial charge in [-0.2, -0.15) is 13.2 Å². The van der Waals surface area contributed by atoms with Crippen molar-refractivity contribution in [2.45, 2.75) is 38.4 Å². The smallest absolute Gasteiger partial charge is 0.390 e. The lowest BCUT2D eigenvalue weighted by molar-refractivity contribution is -0.148. The fourth-order valence-electron chi connectivity index (χ4n) is 4.30. The van der Waals surface area contributed by atoms with Crippen LogP contribution in [0, 0.1) is 5.92 Å². The molecule has 1 aliphatic rings. The number of halogens is 3. The van der Waals surface area contributed by atoms with Crippen molar-refractivity contribution in [3.8, 4) is 11.5 Å². The average molecular weight is 479 g/mol. The minimum absolute atomic E-state index is 0.117. The number of alkyl halides is 3. The lowest BCUT2D eigenvalue weighted by Crippen LogP contribution is -2.49. The van der Waals surface area contributed by atoms with Gasteiger partial charge >= 0.3 is 6.18 Å². The molecule has 2 atom stereocenters. The fourth-order valence-corrected chi connectivity index (χ4v) is 4.30. The van der Waals surface area contributed by atoms with Crippen LogP contribution >= 0.6 is 0 Å². The number of piperidine rings is 1. The monoisotopic (exact) mass is 478 g/mol. The Morgan fingerprint density at radius 1 is 1.03 bits per heavy atom. The number of anilines is 1. The van der Waals surface area contributed by atoms with Gasteiger partial charge in [0.1, 0.15) is 11.5 Å². The normalized spacial score (nSPS) is 18.5. The van der Waals surface area contributed by atoms with Crippen molar-refractivity contribution < 1.29 is 32.2 Å². The molecule has 1 aliphatic heterocycles. The minimum Gasteiger partial charge on any atom is -0.497 e. The van der Waals surface area contributed by atoms with Crippen LogP contribution < -0.4 is 14.4 Å². The topological polar surface area (TPSA) is 59.1 Å². The number of benzene rings is 2. The van der Waals surface area contributed by atoms with Gasteiger partial charge in [-0.25, -0.2) is 0 Å². The Morgan fingerprint density at radius 3 is 2.09 bits per heavy atom. The molecule has 2 aromatic carbocycles. The third-order valence-corrected chi connectivity index (χ3v) is 6.08. The molecule has 0 bridgehead atoms. The molecule has 2 unspecified atom stereocenters. The summed E-state index contributed by atoms with van der Waals surface area (Å²) in [5, 5.41) is 0. The van der Waals surface area contributed by atoms with Crippen molar-refractivity contribution in [1.82, 2.24) is 4.90 Å². The number of hydrogen-bond acceptors (Lipinski definition) is 4. The number of rotatable bonds is 8. The number of carbonyl (C=O) groups is 2. The van der Waals surface area contributed by atoms with Crippen molar-refractivity contribution in [2.75, 3.05) is 32.2 Å². The van der Waals surface area contributed by atoms with E-state index in [1.807, 2.05) is 0 Å². The molecule has 6 nitrogen and oxygen atoms in total. The van der Waals surface area contributed by atoms with E-state index in [4.69, 9.17) is 9.47 Å². The van der Waals surface area contributed by atoms with Crippen LogP contribution in [0.4, 0.5) is 18.9 Å². The molecule has 0 radical (unpaired) electrons. The zero-order chi connectivity index (χ0) is 24.9. The van der Waals surface area contributed by atoms with Gasteiger partial charge in [0.2, 0.25) is 11.8 Å². The summed E-state index contributed by atoms with van der Waals surface area (Å²) in [6.45, 7) is 1.39. The summed E-state index contributed by atoms with van der Waals surface area (Å²) in [4.78, 5) is 29.4. The molecule has 0 aromatic heterocycles. The van der Waals surface area contributed by atoms with Gasteiger partial charge in [0, 0.05) is 25.2 Å². The molecule has 184 valence electrons. The molecule has 1 heterocycles. The molecule has 0 N–H and O–H groups in total. The van der Waals surface area contributed by atoms with E-state index in [0.717, 1.165) is 0 Å². The molecule has 0 spiro atoms. The van der Waals surface area contributed by atoms with E-state index in [9.17, 15) is 22.8 Å². The van der Waals surface area contributed by atoms with Crippen LogP contribution in [-0.4, -0.2) is 50.2 Å². The summed E-state index contributed by atoms with van der Waals surface area (Å²) >= 11 is 0. The van der Waals surface area contributed by atoms with Crippen LogP contribution in [0.5, 0.6) is 11.5 Å². The first-order valence-electron chi connectivity index (χ1n) is 11.1. The highest BCUT2D eigenvalue weighted by atomic mass is 19.4. The van der Waals surface area contributed by atoms with E-state index < -0.39 is 37.0 Å².